The van der Waals surface area contributed by atoms with Crippen molar-refractivity contribution >= 4 is 32.0 Å². The lowest BCUT2D eigenvalue weighted by Crippen LogP contribution is -2.29. The van der Waals surface area contributed by atoms with Crippen LogP contribution in [0.25, 0.3) is 0 Å². The average molecular weight is 320 g/mol. The molecule has 2 heterocycles. The highest BCUT2D eigenvalue weighted by Gasteiger charge is 2.38. The monoisotopic (exact) mass is 320 g/mol. The fourth-order valence-corrected chi connectivity index (χ4v) is 5.14. The van der Waals surface area contributed by atoms with Gasteiger partial charge < -0.3 is 5.43 Å². The van der Waals surface area contributed by atoms with E-state index in [9.17, 15) is 18.5 Å². The first-order chi connectivity index (χ1) is 9.17. The Morgan fingerprint density at radius 3 is 2.60 bits per heavy atom. The van der Waals surface area contributed by atoms with E-state index in [1.165, 1.54) is 4.31 Å². The zero-order chi connectivity index (χ0) is 15.1. The summed E-state index contributed by atoms with van der Waals surface area (Å²) in [5.41, 5.74) is 1.77. The molecule has 0 saturated carbocycles. The first-order valence-electron chi connectivity index (χ1n) is 5.92. The highest BCUT2D eigenvalue weighted by atomic mass is 32.2. The topological polar surface area (TPSA) is 119 Å². The predicted molar refractivity (Wildman–Crippen MR) is 75.9 cm³/mol. The summed E-state index contributed by atoms with van der Waals surface area (Å²) in [5.74, 6) is 5.19. The maximum absolute atomic E-state index is 12.5. The van der Waals surface area contributed by atoms with Crippen LogP contribution in [0, 0.1) is 15.5 Å². The Kier molecular flexibility index (Phi) is 3.75. The third kappa shape index (κ3) is 2.64. The van der Waals surface area contributed by atoms with Crippen LogP contribution in [0.1, 0.15) is 20.3 Å². The maximum atomic E-state index is 12.5. The van der Waals surface area contributed by atoms with Gasteiger partial charge >= 0.3 is 5.69 Å². The van der Waals surface area contributed by atoms with Gasteiger partial charge in [-0.1, -0.05) is 25.2 Å². The van der Waals surface area contributed by atoms with Crippen molar-refractivity contribution in [2.75, 3.05) is 18.5 Å². The van der Waals surface area contributed by atoms with Crippen LogP contribution >= 0.6 is 11.3 Å². The van der Waals surface area contributed by atoms with Gasteiger partial charge in [-0.25, -0.2) is 14.3 Å². The molecule has 3 N–H and O–H groups in total. The van der Waals surface area contributed by atoms with E-state index >= 15 is 0 Å². The summed E-state index contributed by atoms with van der Waals surface area (Å²) in [6.45, 7) is 4.82. The normalized spacial score (nSPS) is 19.1. The van der Waals surface area contributed by atoms with Gasteiger partial charge in [0.1, 0.15) is 4.21 Å². The summed E-state index contributed by atoms with van der Waals surface area (Å²) in [7, 11) is -3.70. The third-order valence-electron chi connectivity index (χ3n) is 3.25. The molecular formula is C10H16N4O4S2. The zero-order valence-corrected chi connectivity index (χ0v) is 12.8. The summed E-state index contributed by atoms with van der Waals surface area (Å²) in [6.07, 6.45) is 0.766. The Morgan fingerprint density at radius 1 is 1.55 bits per heavy atom. The minimum Gasteiger partial charge on any atom is -0.310 e. The number of hydrazine groups is 1. The number of anilines is 1. The van der Waals surface area contributed by atoms with Crippen molar-refractivity contribution in [3.63, 3.8) is 0 Å². The predicted octanol–water partition coefficient (Wildman–Crippen LogP) is 1.36. The summed E-state index contributed by atoms with van der Waals surface area (Å²) in [6, 6.07) is 1.06. The van der Waals surface area contributed by atoms with Crippen molar-refractivity contribution in [2.45, 2.75) is 24.5 Å². The minimum absolute atomic E-state index is 0.0343. The number of hydrogen-bond acceptors (Lipinski definition) is 7. The molecule has 1 aromatic rings. The molecule has 10 heteroatoms. The Labute approximate surface area is 120 Å². The number of nitrogens with one attached hydrogen (secondary N) is 1. The molecule has 2 rings (SSSR count). The first-order valence-corrected chi connectivity index (χ1v) is 8.18. The molecule has 20 heavy (non-hydrogen) atoms. The van der Waals surface area contributed by atoms with Gasteiger partial charge in [0.15, 0.2) is 5.00 Å². The highest BCUT2D eigenvalue weighted by molar-refractivity contribution is 7.91. The second kappa shape index (κ2) is 4.95. The molecule has 0 unspecified atom stereocenters. The Morgan fingerprint density at radius 2 is 2.20 bits per heavy atom. The number of thiophene rings is 1. The van der Waals surface area contributed by atoms with Crippen molar-refractivity contribution in [1.29, 1.82) is 0 Å². The van der Waals surface area contributed by atoms with Crippen LogP contribution in [0.3, 0.4) is 0 Å². The Balaban J connectivity index is 2.38. The lowest BCUT2D eigenvalue weighted by Gasteiger charge is -2.18. The average Bonchev–Trinajstić information content (AvgIpc) is 2.92. The van der Waals surface area contributed by atoms with Crippen LogP contribution in [0.4, 0.5) is 10.7 Å². The van der Waals surface area contributed by atoms with Crippen molar-refractivity contribution < 1.29 is 13.3 Å². The highest BCUT2D eigenvalue weighted by Crippen LogP contribution is 2.40. The molecule has 1 aliphatic rings. The second-order valence-electron chi connectivity index (χ2n) is 5.43. The molecule has 0 aliphatic carbocycles. The van der Waals surface area contributed by atoms with E-state index in [-0.39, 0.29) is 20.3 Å². The van der Waals surface area contributed by atoms with Crippen molar-refractivity contribution in [3.05, 3.63) is 16.2 Å². The van der Waals surface area contributed by atoms with Gasteiger partial charge in [-0.05, 0) is 11.8 Å². The quantitative estimate of drug-likeness (QED) is 0.491. The van der Waals surface area contributed by atoms with Crippen LogP contribution < -0.4 is 11.3 Å². The van der Waals surface area contributed by atoms with E-state index in [0.29, 0.717) is 13.1 Å². The van der Waals surface area contributed by atoms with Gasteiger partial charge in [0, 0.05) is 19.2 Å². The van der Waals surface area contributed by atoms with E-state index < -0.39 is 14.9 Å². The maximum Gasteiger partial charge on any atom is 0.306 e. The SMILES string of the molecule is CC1(C)CCN(S(=O)(=O)c2cc([N+](=O)[O-])c(NN)s2)C1. The molecule has 112 valence electrons. The summed E-state index contributed by atoms with van der Waals surface area (Å²) in [4.78, 5) is 10.2. The van der Waals surface area contributed by atoms with E-state index in [0.717, 1.165) is 23.8 Å². The number of hydrogen-bond donors (Lipinski definition) is 2. The number of nitrogen functional groups attached to an aromatic ring is 1. The van der Waals surface area contributed by atoms with E-state index in [1.54, 1.807) is 0 Å². The van der Waals surface area contributed by atoms with Gasteiger partial charge in [0.05, 0.1) is 4.92 Å². The second-order valence-corrected chi connectivity index (χ2v) is 8.65. The molecule has 0 spiro atoms. The van der Waals surface area contributed by atoms with Crippen molar-refractivity contribution in [3.8, 4) is 0 Å². The third-order valence-corrected chi connectivity index (χ3v) is 6.60. The van der Waals surface area contributed by atoms with E-state index in [1.807, 2.05) is 13.8 Å². The number of rotatable bonds is 4. The van der Waals surface area contributed by atoms with E-state index in [4.69, 9.17) is 5.84 Å². The standard InChI is InChI=1S/C10H16N4O4S2/c1-10(2)3-4-13(6-10)20(17,18)8-5-7(14(15)16)9(12-11)19-8/h5,12H,3-4,6,11H2,1-2H3. The number of sulfonamides is 1. The molecule has 1 saturated heterocycles. The molecule has 1 aromatic heterocycles. The van der Waals surface area contributed by atoms with Crippen LogP contribution in [0.2, 0.25) is 0 Å². The van der Waals surface area contributed by atoms with Crippen LogP contribution in [-0.2, 0) is 10.0 Å². The fourth-order valence-electron chi connectivity index (χ4n) is 2.12. The fraction of sp³-hybridized carbons (Fsp3) is 0.600. The van der Waals surface area contributed by atoms with Gasteiger partial charge in [-0.15, -0.1) is 0 Å². The molecule has 8 nitrogen and oxygen atoms in total. The number of nitro groups is 1. The molecular weight excluding hydrogens is 304 g/mol. The van der Waals surface area contributed by atoms with Gasteiger partial charge in [0.25, 0.3) is 10.0 Å². The molecule has 1 fully saturated rings. The van der Waals surface area contributed by atoms with Crippen molar-refractivity contribution in [1.82, 2.24) is 4.31 Å². The van der Waals surface area contributed by atoms with Crippen LogP contribution in [-0.4, -0.2) is 30.7 Å². The van der Waals surface area contributed by atoms with Gasteiger partial charge in [-0.3, -0.25) is 10.1 Å². The largest absolute Gasteiger partial charge is 0.310 e. The molecule has 0 radical (unpaired) electrons. The van der Waals surface area contributed by atoms with Crippen LogP contribution in [0.5, 0.6) is 0 Å². The zero-order valence-electron chi connectivity index (χ0n) is 11.1. The molecule has 0 amide bonds. The Hall–Kier alpha value is -1.23. The molecule has 0 bridgehead atoms. The lowest BCUT2D eigenvalue weighted by atomic mass is 9.93. The smallest absolute Gasteiger partial charge is 0.306 e. The summed E-state index contributed by atoms with van der Waals surface area (Å²) >= 11 is 0.774. The first kappa shape index (κ1) is 15.2. The minimum atomic E-state index is -3.70. The van der Waals surface area contributed by atoms with Crippen molar-refractivity contribution in [2.24, 2.45) is 11.3 Å². The Bertz CT molecular complexity index is 638. The number of nitrogens with two attached hydrogens (primary N) is 1. The summed E-state index contributed by atoms with van der Waals surface area (Å²) in [5, 5.41) is 10.9. The molecule has 0 atom stereocenters. The molecule has 1 aliphatic heterocycles. The van der Waals surface area contributed by atoms with Gasteiger partial charge in [-0.2, -0.15) is 4.31 Å². The molecule has 0 aromatic carbocycles. The lowest BCUT2D eigenvalue weighted by molar-refractivity contribution is -0.383. The number of nitrogens with zero attached hydrogens (tertiary/aromatic N) is 2. The van der Waals surface area contributed by atoms with E-state index in [2.05, 4.69) is 5.43 Å². The summed E-state index contributed by atoms with van der Waals surface area (Å²) < 4.78 is 26.2. The van der Waals surface area contributed by atoms with Crippen LogP contribution in [0.15, 0.2) is 10.3 Å². The van der Waals surface area contributed by atoms with Gasteiger partial charge in [0.2, 0.25) is 0 Å².